The maximum Gasteiger partial charge on any atom is 0.311 e. The molecule has 1 aliphatic heterocycles. The van der Waals surface area contributed by atoms with Crippen molar-refractivity contribution in [3.63, 3.8) is 0 Å². The van der Waals surface area contributed by atoms with Gasteiger partial charge in [-0.2, -0.15) is 0 Å². The molecule has 5 atom stereocenters. The fourth-order valence-corrected chi connectivity index (χ4v) is 8.70. The van der Waals surface area contributed by atoms with Gasteiger partial charge in [0.05, 0.1) is 29.5 Å². The van der Waals surface area contributed by atoms with Crippen molar-refractivity contribution < 1.29 is 33.7 Å². The zero-order valence-corrected chi connectivity index (χ0v) is 24.6. The highest BCUT2D eigenvalue weighted by atomic mass is 32.2. The minimum Gasteiger partial charge on any atom is -0.458 e. The van der Waals surface area contributed by atoms with Crippen LogP contribution in [0.3, 0.4) is 0 Å². The van der Waals surface area contributed by atoms with Crippen molar-refractivity contribution in [3.05, 3.63) is 41.3 Å². The van der Waals surface area contributed by atoms with E-state index in [1.165, 1.54) is 11.8 Å². The van der Waals surface area contributed by atoms with Crippen molar-refractivity contribution in [2.24, 2.45) is 27.6 Å². The number of Topliss-reactive ketones (excluding diaryl/α,β-unsaturated/α-hetero) is 2. The molecule has 1 aromatic carbocycles. The highest BCUT2D eigenvalue weighted by Gasteiger charge is 2.83. The molecule has 8 heteroatoms. The lowest BCUT2D eigenvalue weighted by atomic mass is 9.32. The normalized spacial score (nSPS) is 37.6. The number of fused-ring (bicyclic) bond motifs is 2. The van der Waals surface area contributed by atoms with Gasteiger partial charge in [-0.05, 0) is 63.7 Å². The van der Waals surface area contributed by atoms with E-state index in [9.17, 15) is 19.5 Å². The number of hydrogen-bond donors (Lipinski definition) is 1. The summed E-state index contributed by atoms with van der Waals surface area (Å²) >= 11 is 1.46. The van der Waals surface area contributed by atoms with Gasteiger partial charge in [0.2, 0.25) is 0 Å². The second-order valence-electron chi connectivity index (χ2n) is 13.2. The van der Waals surface area contributed by atoms with Crippen LogP contribution in [0.25, 0.3) is 0 Å². The number of thioether (sulfide) groups is 1. The number of ether oxygens (including phenoxy) is 3. The molecule has 1 heterocycles. The standard InChI is InChI=1S/C31H40O7S/c1-27(2,3)26(34)38-25-30(35)17-23(33)29(6,21(28(30,4)5)18-39-19-11-8-7-9-12-19)31(25)20(13-10-14-22(31)32)24-36-15-16-37-24/h7-9,11-12,18,20,24-25,35H,10,13-17H2,1-6H3/b21-18+/t20-,25+,29+,30+,31+/m0/s1. The molecule has 1 aromatic rings. The number of carbonyl (C=O) groups is 3. The number of esters is 1. The first-order valence-corrected chi connectivity index (χ1v) is 14.8. The molecular weight excluding hydrogens is 516 g/mol. The summed E-state index contributed by atoms with van der Waals surface area (Å²) in [4.78, 5) is 43.3. The van der Waals surface area contributed by atoms with Gasteiger partial charge < -0.3 is 19.3 Å². The number of aliphatic hydroxyl groups is 1. The zero-order chi connectivity index (χ0) is 28.4. The van der Waals surface area contributed by atoms with Crippen LogP contribution < -0.4 is 0 Å². The van der Waals surface area contributed by atoms with Crippen molar-refractivity contribution in [1.82, 2.24) is 0 Å². The van der Waals surface area contributed by atoms with Gasteiger partial charge >= 0.3 is 5.97 Å². The predicted molar refractivity (Wildman–Crippen MR) is 147 cm³/mol. The van der Waals surface area contributed by atoms with Gasteiger partial charge in [-0.1, -0.05) is 43.8 Å². The first-order chi connectivity index (χ1) is 18.2. The van der Waals surface area contributed by atoms with E-state index in [1.54, 1.807) is 20.8 Å². The van der Waals surface area contributed by atoms with Crippen molar-refractivity contribution in [2.45, 2.75) is 90.1 Å². The number of rotatable bonds is 4. The Morgan fingerprint density at radius 1 is 1.08 bits per heavy atom. The number of benzene rings is 1. The molecule has 212 valence electrons. The number of ketones is 2. The van der Waals surface area contributed by atoms with E-state index in [-0.39, 0.29) is 24.4 Å². The zero-order valence-electron chi connectivity index (χ0n) is 23.7. The highest BCUT2D eigenvalue weighted by Crippen LogP contribution is 2.74. The summed E-state index contributed by atoms with van der Waals surface area (Å²) in [5.41, 5.74) is -5.86. The van der Waals surface area contributed by atoms with Gasteiger partial charge in [0.15, 0.2) is 6.29 Å². The van der Waals surface area contributed by atoms with Gasteiger partial charge in [-0.25, -0.2) is 0 Å². The molecule has 6 rings (SSSR count). The Morgan fingerprint density at radius 2 is 1.72 bits per heavy atom. The van der Waals surface area contributed by atoms with Gasteiger partial charge in [0, 0.05) is 29.1 Å². The Labute approximate surface area is 235 Å². The predicted octanol–water partition coefficient (Wildman–Crippen LogP) is 5.10. The van der Waals surface area contributed by atoms with Gasteiger partial charge in [0.25, 0.3) is 0 Å². The molecule has 0 radical (unpaired) electrons. The topological polar surface area (TPSA) is 99.1 Å². The van der Waals surface area contributed by atoms with E-state index >= 15 is 0 Å². The van der Waals surface area contributed by atoms with Crippen LogP contribution in [-0.2, 0) is 28.6 Å². The summed E-state index contributed by atoms with van der Waals surface area (Å²) in [7, 11) is 0. The lowest BCUT2D eigenvalue weighted by Crippen LogP contribution is -2.82. The summed E-state index contributed by atoms with van der Waals surface area (Å²) in [6, 6.07) is 9.78. The average molecular weight is 557 g/mol. The molecule has 1 saturated heterocycles. The molecule has 5 fully saturated rings. The van der Waals surface area contributed by atoms with Crippen LogP contribution >= 0.6 is 11.8 Å². The van der Waals surface area contributed by atoms with E-state index in [0.717, 1.165) is 4.90 Å². The average Bonchev–Trinajstić information content (AvgIpc) is 3.40. The highest BCUT2D eigenvalue weighted by molar-refractivity contribution is 8.02. The molecule has 4 aliphatic carbocycles. The fraction of sp³-hybridized carbons (Fsp3) is 0.645. The Morgan fingerprint density at radius 3 is 2.33 bits per heavy atom. The summed E-state index contributed by atoms with van der Waals surface area (Å²) in [5, 5.41) is 14.6. The maximum atomic E-state index is 14.5. The minimum atomic E-state index is -1.81. The van der Waals surface area contributed by atoms with Gasteiger partial charge in [0.1, 0.15) is 23.3 Å². The Kier molecular flexibility index (Phi) is 6.98. The van der Waals surface area contributed by atoms with Crippen LogP contribution in [0, 0.1) is 27.6 Å². The molecule has 1 spiro atoms. The Balaban J connectivity index is 1.78. The third-order valence-corrected chi connectivity index (χ3v) is 10.7. The quantitative estimate of drug-likeness (QED) is 0.404. The van der Waals surface area contributed by atoms with Crippen LogP contribution in [0.4, 0.5) is 0 Å². The molecule has 1 N–H and O–H groups in total. The third kappa shape index (κ3) is 3.92. The number of carbonyl (C=O) groups excluding carboxylic acids is 3. The van der Waals surface area contributed by atoms with Crippen molar-refractivity contribution >= 4 is 29.3 Å². The molecule has 0 unspecified atom stereocenters. The lowest BCUT2D eigenvalue weighted by Gasteiger charge is -2.72. The summed E-state index contributed by atoms with van der Waals surface area (Å²) in [6.45, 7) is 11.6. The first-order valence-electron chi connectivity index (χ1n) is 13.9. The smallest absolute Gasteiger partial charge is 0.311 e. The molecule has 0 aromatic heterocycles. The van der Waals surface area contributed by atoms with E-state index in [1.807, 2.05) is 56.5 Å². The molecule has 7 nitrogen and oxygen atoms in total. The monoisotopic (exact) mass is 556 g/mol. The van der Waals surface area contributed by atoms with Crippen LogP contribution in [-0.4, -0.2) is 53.9 Å². The SMILES string of the molecule is CC(C)(C)C(=O)O[C@H]1[C@@]2(C(=O)CCC[C@H]2C2OCCO2)[C@@]2(C)C(=O)C[C@]1(O)C(C)(C)/C2=C\Sc1ccccc1. The Hall–Kier alpha value is -2.00. The van der Waals surface area contributed by atoms with Crippen LogP contribution in [0.5, 0.6) is 0 Å². The maximum absolute atomic E-state index is 14.5. The van der Waals surface area contributed by atoms with Gasteiger partial charge in [-0.15, -0.1) is 0 Å². The second-order valence-corrected chi connectivity index (χ2v) is 14.1. The second kappa shape index (κ2) is 9.54. The molecule has 5 aliphatic rings. The third-order valence-electron chi connectivity index (χ3n) is 9.79. The largest absolute Gasteiger partial charge is 0.458 e. The summed E-state index contributed by atoms with van der Waals surface area (Å²) < 4.78 is 18.3. The van der Waals surface area contributed by atoms with Crippen LogP contribution in [0.1, 0.15) is 67.2 Å². The molecule has 0 amide bonds. The van der Waals surface area contributed by atoms with Crippen LogP contribution in [0.2, 0.25) is 0 Å². The van der Waals surface area contributed by atoms with E-state index in [0.29, 0.717) is 31.6 Å². The first kappa shape index (κ1) is 28.5. The van der Waals surface area contributed by atoms with E-state index < -0.39 is 51.5 Å². The Bertz CT molecular complexity index is 1200. The number of hydrogen-bond acceptors (Lipinski definition) is 8. The van der Waals surface area contributed by atoms with Crippen molar-refractivity contribution in [2.75, 3.05) is 13.2 Å². The van der Waals surface area contributed by atoms with Crippen LogP contribution in [0.15, 0.2) is 46.2 Å². The van der Waals surface area contributed by atoms with Gasteiger partial charge in [-0.3, -0.25) is 14.4 Å². The van der Waals surface area contributed by atoms with E-state index in [4.69, 9.17) is 14.2 Å². The molecule has 4 saturated carbocycles. The van der Waals surface area contributed by atoms with E-state index in [2.05, 4.69) is 0 Å². The molecule has 39 heavy (non-hydrogen) atoms. The molecular formula is C31H40O7S. The summed E-state index contributed by atoms with van der Waals surface area (Å²) in [6.07, 6.45) is -0.787. The lowest BCUT2D eigenvalue weighted by molar-refractivity contribution is -0.290. The summed E-state index contributed by atoms with van der Waals surface area (Å²) in [5.74, 6) is -1.48. The van der Waals surface area contributed by atoms with Crippen molar-refractivity contribution in [1.29, 1.82) is 0 Å². The fourth-order valence-electron chi connectivity index (χ4n) is 7.60. The molecule has 2 bridgehead atoms. The van der Waals surface area contributed by atoms with Crippen molar-refractivity contribution in [3.8, 4) is 0 Å². The minimum absolute atomic E-state index is 0.176.